The number of anilines is 2. The zero-order chi connectivity index (χ0) is 21.8. The number of nitriles is 1. The smallest absolute Gasteiger partial charge is 0.227 e. The summed E-state index contributed by atoms with van der Waals surface area (Å²) in [5, 5.41) is 12.5. The number of thiazole rings is 1. The van der Waals surface area contributed by atoms with Crippen LogP contribution in [-0.2, 0) is 11.3 Å². The topological polar surface area (TPSA) is 111 Å². The molecule has 3 aromatic heterocycles. The third-order valence-corrected chi connectivity index (χ3v) is 5.76. The van der Waals surface area contributed by atoms with Crippen molar-refractivity contribution >= 4 is 28.9 Å². The highest BCUT2D eigenvalue weighted by Gasteiger charge is 2.19. The number of pyridine rings is 1. The standard InChI is InChI=1S/C21H22N8OS/c1-14-9-16(10-17(25-14)12-28-5-7-29(8-6-28)15(2)30)26-21-23-4-3-18(27-21)20-19(11-22)31-13-24-20/h3-4,9-10,13H,5-8,12H2,1-2H3,(H,23,25,26,27). The van der Waals surface area contributed by atoms with Crippen LogP contribution in [-0.4, -0.2) is 61.8 Å². The molecule has 31 heavy (non-hydrogen) atoms. The number of piperazine rings is 1. The van der Waals surface area contributed by atoms with Gasteiger partial charge in [-0.05, 0) is 25.1 Å². The van der Waals surface area contributed by atoms with E-state index in [0.717, 1.165) is 43.3 Å². The van der Waals surface area contributed by atoms with Crippen LogP contribution in [0.5, 0.6) is 0 Å². The molecule has 0 bridgehead atoms. The van der Waals surface area contributed by atoms with E-state index in [-0.39, 0.29) is 5.91 Å². The largest absolute Gasteiger partial charge is 0.340 e. The Kier molecular flexibility index (Phi) is 6.16. The van der Waals surface area contributed by atoms with Crippen LogP contribution in [0.2, 0.25) is 0 Å². The predicted molar refractivity (Wildman–Crippen MR) is 118 cm³/mol. The summed E-state index contributed by atoms with van der Waals surface area (Å²) in [7, 11) is 0. The molecule has 10 heteroatoms. The monoisotopic (exact) mass is 434 g/mol. The van der Waals surface area contributed by atoms with Crippen LogP contribution in [0.4, 0.5) is 11.6 Å². The molecule has 1 fully saturated rings. The van der Waals surface area contributed by atoms with Crippen LogP contribution in [0, 0.1) is 18.3 Å². The van der Waals surface area contributed by atoms with E-state index in [1.165, 1.54) is 11.3 Å². The SMILES string of the molecule is CC(=O)N1CCN(Cc2cc(Nc3nccc(-c4ncsc4C#N)n3)cc(C)n2)CC1. The summed E-state index contributed by atoms with van der Waals surface area (Å²) in [6, 6.07) is 7.82. The molecule has 0 aromatic carbocycles. The second-order valence-corrected chi connectivity index (χ2v) is 8.16. The summed E-state index contributed by atoms with van der Waals surface area (Å²) in [6.45, 7) is 7.43. The van der Waals surface area contributed by atoms with Gasteiger partial charge in [-0.15, -0.1) is 11.3 Å². The summed E-state index contributed by atoms with van der Waals surface area (Å²) in [5.74, 6) is 0.558. The summed E-state index contributed by atoms with van der Waals surface area (Å²) in [5.41, 5.74) is 5.49. The molecule has 0 spiro atoms. The minimum absolute atomic E-state index is 0.126. The second kappa shape index (κ2) is 9.16. The van der Waals surface area contributed by atoms with Crippen molar-refractivity contribution in [2.75, 3.05) is 31.5 Å². The number of aryl methyl sites for hydroxylation is 1. The molecule has 1 saturated heterocycles. The van der Waals surface area contributed by atoms with E-state index in [2.05, 4.69) is 36.2 Å². The van der Waals surface area contributed by atoms with Crippen LogP contribution in [0.1, 0.15) is 23.2 Å². The van der Waals surface area contributed by atoms with Gasteiger partial charge in [0.1, 0.15) is 16.6 Å². The lowest BCUT2D eigenvalue weighted by atomic mass is 10.2. The number of amides is 1. The molecule has 3 aromatic rings. The fourth-order valence-corrected chi connectivity index (χ4v) is 4.11. The Morgan fingerprint density at radius 3 is 2.77 bits per heavy atom. The summed E-state index contributed by atoms with van der Waals surface area (Å²) in [6.07, 6.45) is 1.65. The molecule has 4 rings (SSSR count). The number of aromatic nitrogens is 4. The lowest BCUT2D eigenvalue weighted by molar-refractivity contribution is -0.130. The number of carbonyl (C=O) groups excluding carboxylic acids is 1. The number of hydrogen-bond donors (Lipinski definition) is 1. The molecule has 9 nitrogen and oxygen atoms in total. The summed E-state index contributed by atoms with van der Waals surface area (Å²) in [4.78, 5) is 33.9. The van der Waals surface area contributed by atoms with E-state index < -0.39 is 0 Å². The van der Waals surface area contributed by atoms with Crippen molar-refractivity contribution in [3.05, 3.63) is 46.2 Å². The highest BCUT2D eigenvalue weighted by atomic mass is 32.1. The first-order valence-corrected chi connectivity index (χ1v) is 10.8. The molecular formula is C21H22N8OS. The van der Waals surface area contributed by atoms with Gasteiger partial charge in [0.2, 0.25) is 11.9 Å². The molecule has 1 aliphatic heterocycles. The van der Waals surface area contributed by atoms with E-state index in [0.29, 0.717) is 28.8 Å². The molecule has 1 aliphatic rings. The highest BCUT2D eigenvalue weighted by molar-refractivity contribution is 7.10. The summed E-state index contributed by atoms with van der Waals surface area (Å²) < 4.78 is 0. The van der Waals surface area contributed by atoms with Gasteiger partial charge in [-0.1, -0.05) is 0 Å². The van der Waals surface area contributed by atoms with Crippen molar-refractivity contribution in [3.63, 3.8) is 0 Å². The van der Waals surface area contributed by atoms with Crippen LogP contribution in [0.15, 0.2) is 29.9 Å². The number of nitrogens with zero attached hydrogens (tertiary/aromatic N) is 7. The van der Waals surface area contributed by atoms with Gasteiger partial charge < -0.3 is 10.2 Å². The third-order valence-electron chi connectivity index (χ3n) is 5.03. The fourth-order valence-electron chi connectivity index (χ4n) is 3.53. The van der Waals surface area contributed by atoms with E-state index in [1.807, 2.05) is 24.0 Å². The van der Waals surface area contributed by atoms with Crippen molar-refractivity contribution in [1.82, 2.24) is 29.7 Å². The first kappa shape index (κ1) is 20.8. The Hall–Kier alpha value is -3.42. The second-order valence-electron chi connectivity index (χ2n) is 7.30. The van der Waals surface area contributed by atoms with Gasteiger partial charge in [-0.25, -0.2) is 15.0 Å². The Balaban J connectivity index is 1.48. The lowest BCUT2D eigenvalue weighted by Gasteiger charge is -2.34. The van der Waals surface area contributed by atoms with Gasteiger partial charge in [-0.2, -0.15) is 5.26 Å². The van der Waals surface area contributed by atoms with Gasteiger partial charge in [0, 0.05) is 57.2 Å². The number of carbonyl (C=O) groups is 1. The van der Waals surface area contributed by atoms with Crippen LogP contribution in [0.3, 0.4) is 0 Å². The van der Waals surface area contributed by atoms with E-state index >= 15 is 0 Å². The van der Waals surface area contributed by atoms with Crippen molar-refractivity contribution in [2.45, 2.75) is 20.4 Å². The van der Waals surface area contributed by atoms with Gasteiger partial charge in [-0.3, -0.25) is 14.7 Å². The number of hydrogen-bond acceptors (Lipinski definition) is 9. The molecule has 0 aliphatic carbocycles. The van der Waals surface area contributed by atoms with Crippen molar-refractivity contribution in [1.29, 1.82) is 5.26 Å². The average molecular weight is 435 g/mol. The maximum Gasteiger partial charge on any atom is 0.227 e. The minimum atomic E-state index is 0.126. The van der Waals surface area contributed by atoms with Crippen molar-refractivity contribution in [2.24, 2.45) is 0 Å². The molecule has 1 N–H and O–H groups in total. The normalized spacial score (nSPS) is 14.3. The van der Waals surface area contributed by atoms with E-state index in [4.69, 9.17) is 0 Å². The molecule has 4 heterocycles. The molecule has 0 atom stereocenters. The van der Waals surface area contributed by atoms with E-state index in [9.17, 15) is 10.1 Å². The van der Waals surface area contributed by atoms with Gasteiger partial charge >= 0.3 is 0 Å². The van der Waals surface area contributed by atoms with Crippen LogP contribution < -0.4 is 5.32 Å². The zero-order valence-electron chi connectivity index (χ0n) is 17.4. The van der Waals surface area contributed by atoms with Gasteiger partial charge in [0.25, 0.3) is 0 Å². The van der Waals surface area contributed by atoms with Crippen LogP contribution in [0.25, 0.3) is 11.4 Å². The molecule has 0 unspecified atom stereocenters. The molecule has 0 saturated carbocycles. The molecule has 158 valence electrons. The maximum absolute atomic E-state index is 11.5. The highest BCUT2D eigenvalue weighted by Crippen LogP contribution is 2.24. The van der Waals surface area contributed by atoms with E-state index in [1.54, 1.807) is 24.7 Å². The Morgan fingerprint density at radius 1 is 1.23 bits per heavy atom. The van der Waals surface area contributed by atoms with Crippen molar-refractivity contribution in [3.8, 4) is 17.5 Å². The van der Waals surface area contributed by atoms with Crippen molar-refractivity contribution < 1.29 is 4.79 Å². The maximum atomic E-state index is 11.5. The Morgan fingerprint density at radius 2 is 2.03 bits per heavy atom. The fraction of sp³-hybridized carbons (Fsp3) is 0.333. The third kappa shape index (κ3) is 5.02. The molecule has 0 radical (unpaired) electrons. The first-order chi connectivity index (χ1) is 15.0. The van der Waals surface area contributed by atoms with Gasteiger partial charge in [0.05, 0.1) is 16.9 Å². The molecular weight excluding hydrogens is 412 g/mol. The average Bonchev–Trinajstić information content (AvgIpc) is 3.23. The predicted octanol–water partition coefficient (Wildman–Crippen LogP) is 2.58. The first-order valence-electron chi connectivity index (χ1n) is 9.91. The summed E-state index contributed by atoms with van der Waals surface area (Å²) >= 11 is 1.29. The van der Waals surface area contributed by atoms with Gasteiger partial charge in [0.15, 0.2) is 0 Å². The number of rotatable bonds is 5. The zero-order valence-corrected chi connectivity index (χ0v) is 18.2. The minimum Gasteiger partial charge on any atom is -0.340 e. The lowest BCUT2D eigenvalue weighted by Crippen LogP contribution is -2.47. The van der Waals surface area contributed by atoms with Crippen LogP contribution >= 0.6 is 11.3 Å². The molecule has 1 amide bonds. The number of nitrogens with one attached hydrogen (secondary N) is 1. The quantitative estimate of drug-likeness (QED) is 0.652. The Labute approximate surface area is 184 Å². The Bertz CT molecular complexity index is 1130.